The lowest BCUT2D eigenvalue weighted by molar-refractivity contribution is 0.104. The van der Waals surface area contributed by atoms with Gasteiger partial charge in [-0.05, 0) is 56.2 Å². The van der Waals surface area contributed by atoms with Gasteiger partial charge in [0.05, 0.1) is 17.1 Å². The first-order chi connectivity index (χ1) is 11.0. The molecule has 120 valence electrons. The average Bonchev–Trinajstić information content (AvgIpc) is 3.14. The molecule has 4 nitrogen and oxygen atoms in total. The second-order valence-corrected chi connectivity index (χ2v) is 5.89. The number of aryl methyl sites for hydroxylation is 2. The Balaban J connectivity index is 1.88. The molecule has 5 heteroatoms. The van der Waals surface area contributed by atoms with Crippen molar-refractivity contribution in [2.24, 2.45) is 7.05 Å². The molecule has 0 unspecified atom stereocenters. The third-order valence-electron chi connectivity index (χ3n) is 4.12. The number of halogens is 1. The van der Waals surface area contributed by atoms with Crippen LogP contribution in [0, 0.1) is 12.7 Å². The molecular formula is C18H20FN3O. The molecule has 1 aromatic carbocycles. The zero-order chi connectivity index (χ0) is 16.4. The molecule has 1 saturated heterocycles. The monoisotopic (exact) mass is 313 g/mol. The maximum absolute atomic E-state index is 13.6. The smallest absolute Gasteiger partial charge is 0.187 e. The van der Waals surface area contributed by atoms with Crippen LogP contribution in [-0.4, -0.2) is 28.7 Å². The van der Waals surface area contributed by atoms with Gasteiger partial charge in [0.2, 0.25) is 0 Å². The molecule has 0 radical (unpaired) electrons. The lowest BCUT2D eigenvalue weighted by Crippen LogP contribution is -2.20. The molecule has 1 aliphatic heterocycles. The van der Waals surface area contributed by atoms with E-state index in [2.05, 4.69) is 10.00 Å². The third kappa shape index (κ3) is 3.33. The van der Waals surface area contributed by atoms with Crippen LogP contribution in [0.3, 0.4) is 0 Å². The van der Waals surface area contributed by atoms with Gasteiger partial charge in [0, 0.05) is 25.7 Å². The van der Waals surface area contributed by atoms with Crippen molar-refractivity contribution in [2.45, 2.75) is 19.8 Å². The van der Waals surface area contributed by atoms with Gasteiger partial charge in [-0.25, -0.2) is 4.39 Å². The van der Waals surface area contributed by atoms with Crippen LogP contribution in [0.4, 0.5) is 10.1 Å². The number of anilines is 1. The first-order valence-corrected chi connectivity index (χ1v) is 7.82. The van der Waals surface area contributed by atoms with E-state index in [9.17, 15) is 9.18 Å². The van der Waals surface area contributed by atoms with E-state index in [-0.39, 0.29) is 11.6 Å². The van der Waals surface area contributed by atoms with Crippen molar-refractivity contribution in [1.29, 1.82) is 0 Å². The van der Waals surface area contributed by atoms with Crippen molar-refractivity contribution < 1.29 is 9.18 Å². The van der Waals surface area contributed by atoms with Crippen molar-refractivity contribution in [3.05, 3.63) is 53.1 Å². The zero-order valence-electron chi connectivity index (χ0n) is 13.4. The van der Waals surface area contributed by atoms with E-state index >= 15 is 0 Å². The lowest BCUT2D eigenvalue weighted by Gasteiger charge is -2.20. The fraction of sp³-hybridized carbons (Fsp3) is 0.333. The Morgan fingerprint density at radius 3 is 2.65 bits per heavy atom. The molecular weight excluding hydrogens is 293 g/mol. The van der Waals surface area contributed by atoms with Crippen LogP contribution in [-0.2, 0) is 7.05 Å². The molecule has 0 amide bonds. The molecule has 0 spiro atoms. The summed E-state index contributed by atoms with van der Waals surface area (Å²) in [5.41, 5.74) is 3.00. The molecule has 0 aliphatic carbocycles. The molecule has 2 heterocycles. The molecule has 0 N–H and O–H groups in total. The molecule has 0 saturated carbocycles. The topological polar surface area (TPSA) is 38.1 Å². The number of carbonyl (C=O) groups is 1. The Morgan fingerprint density at radius 2 is 2.00 bits per heavy atom. The summed E-state index contributed by atoms with van der Waals surface area (Å²) in [5, 5.41) is 4.25. The number of rotatable bonds is 4. The van der Waals surface area contributed by atoms with Crippen LogP contribution in [0.15, 0.2) is 30.3 Å². The largest absolute Gasteiger partial charge is 0.371 e. The van der Waals surface area contributed by atoms with E-state index in [1.807, 2.05) is 20.0 Å². The number of nitrogens with zero attached hydrogens (tertiary/aromatic N) is 3. The summed E-state index contributed by atoms with van der Waals surface area (Å²) >= 11 is 0. The Labute approximate surface area is 135 Å². The van der Waals surface area contributed by atoms with Crippen LogP contribution < -0.4 is 4.90 Å². The van der Waals surface area contributed by atoms with Crippen LogP contribution in [0.1, 0.15) is 34.6 Å². The highest BCUT2D eigenvalue weighted by Crippen LogP contribution is 2.26. The summed E-state index contributed by atoms with van der Waals surface area (Å²) in [4.78, 5) is 14.6. The first-order valence-electron chi connectivity index (χ1n) is 7.82. The zero-order valence-corrected chi connectivity index (χ0v) is 13.4. The van der Waals surface area contributed by atoms with Gasteiger partial charge in [0.1, 0.15) is 5.82 Å². The fourth-order valence-electron chi connectivity index (χ4n) is 2.97. The van der Waals surface area contributed by atoms with Crippen LogP contribution in [0.2, 0.25) is 0 Å². The van der Waals surface area contributed by atoms with Gasteiger partial charge in [0.15, 0.2) is 5.78 Å². The standard InChI is InChI=1S/C18H20FN3O/c1-13-11-15(21(2)20-13)6-8-18(23)16-7-5-14(19)12-17(16)22-9-3-4-10-22/h5-8,11-12H,3-4,9-10H2,1-2H3/b8-6+. The molecule has 0 bridgehead atoms. The minimum Gasteiger partial charge on any atom is -0.371 e. The number of carbonyl (C=O) groups excluding carboxylic acids is 1. The van der Waals surface area contributed by atoms with Crippen molar-refractivity contribution in [3.8, 4) is 0 Å². The summed E-state index contributed by atoms with van der Waals surface area (Å²) in [6, 6.07) is 6.29. The summed E-state index contributed by atoms with van der Waals surface area (Å²) in [6.45, 7) is 3.65. The summed E-state index contributed by atoms with van der Waals surface area (Å²) in [6.07, 6.45) is 5.44. The number of ketones is 1. The predicted molar refractivity (Wildman–Crippen MR) is 89.2 cm³/mol. The van der Waals surface area contributed by atoms with Crippen LogP contribution in [0.25, 0.3) is 6.08 Å². The van der Waals surface area contributed by atoms with E-state index in [0.29, 0.717) is 11.3 Å². The maximum Gasteiger partial charge on any atom is 0.187 e. The second kappa shape index (κ2) is 6.36. The number of hydrogen-bond acceptors (Lipinski definition) is 3. The summed E-state index contributed by atoms with van der Waals surface area (Å²) in [7, 11) is 1.84. The average molecular weight is 313 g/mol. The number of hydrogen-bond donors (Lipinski definition) is 0. The SMILES string of the molecule is Cc1cc(/C=C/C(=O)c2ccc(F)cc2N2CCCC2)n(C)n1. The fourth-order valence-corrected chi connectivity index (χ4v) is 2.97. The lowest BCUT2D eigenvalue weighted by atomic mass is 10.1. The maximum atomic E-state index is 13.6. The third-order valence-corrected chi connectivity index (χ3v) is 4.12. The van der Waals surface area contributed by atoms with Crippen LogP contribution in [0.5, 0.6) is 0 Å². The number of allylic oxidation sites excluding steroid dienone is 1. The van der Waals surface area contributed by atoms with Gasteiger partial charge < -0.3 is 4.90 Å². The van der Waals surface area contributed by atoms with E-state index < -0.39 is 0 Å². The van der Waals surface area contributed by atoms with Crippen molar-refractivity contribution in [1.82, 2.24) is 9.78 Å². The Morgan fingerprint density at radius 1 is 1.26 bits per heavy atom. The summed E-state index contributed by atoms with van der Waals surface area (Å²) in [5.74, 6) is -0.430. The normalized spacial score (nSPS) is 14.8. The highest BCUT2D eigenvalue weighted by molar-refractivity contribution is 6.10. The van der Waals surface area contributed by atoms with Crippen molar-refractivity contribution in [2.75, 3.05) is 18.0 Å². The van der Waals surface area contributed by atoms with E-state index in [1.54, 1.807) is 16.8 Å². The second-order valence-electron chi connectivity index (χ2n) is 5.89. The minimum absolute atomic E-state index is 0.120. The van der Waals surface area contributed by atoms with Crippen LogP contribution >= 0.6 is 0 Å². The molecule has 23 heavy (non-hydrogen) atoms. The number of benzene rings is 1. The molecule has 1 fully saturated rings. The Kier molecular flexibility index (Phi) is 4.28. The molecule has 3 rings (SSSR count). The minimum atomic E-state index is -0.310. The quantitative estimate of drug-likeness (QED) is 0.641. The Bertz CT molecular complexity index is 758. The highest BCUT2D eigenvalue weighted by Gasteiger charge is 2.19. The van der Waals surface area contributed by atoms with Gasteiger partial charge in [0.25, 0.3) is 0 Å². The van der Waals surface area contributed by atoms with Gasteiger partial charge >= 0.3 is 0 Å². The van der Waals surface area contributed by atoms with E-state index in [0.717, 1.165) is 37.3 Å². The molecule has 1 aliphatic rings. The van der Waals surface area contributed by atoms with Gasteiger partial charge in [-0.3, -0.25) is 9.48 Å². The molecule has 1 aromatic heterocycles. The first kappa shape index (κ1) is 15.5. The van der Waals surface area contributed by atoms with Crippen molar-refractivity contribution >= 4 is 17.5 Å². The summed E-state index contributed by atoms with van der Waals surface area (Å²) < 4.78 is 15.3. The van der Waals surface area contributed by atoms with Gasteiger partial charge in [-0.1, -0.05) is 0 Å². The highest BCUT2D eigenvalue weighted by atomic mass is 19.1. The Hall–Kier alpha value is -2.43. The predicted octanol–water partition coefficient (Wildman–Crippen LogP) is 3.36. The molecule has 2 aromatic rings. The van der Waals surface area contributed by atoms with E-state index in [4.69, 9.17) is 0 Å². The van der Waals surface area contributed by atoms with Gasteiger partial charge in [-0.2, -0.15) is 5.10 Å². The number of aromatic nitrogens is 2. The molecule has 0 atom stereocenters. The van der Waals surface area contributed by atoms with Gasteiger partial charge in [-0.15, -0.1) is 0 Å². The van der Waals surface area contributed by atoms with E-state index in [1.165, 1.54) is 18.2 Å². The van der Waals surface area contributed by atoms with Crippen molar-refractivity contribution in [3.63, 3.8) is 0 Å².